The first-order valence-electron chi connectivity index (χ1n) is 8.48. The van der Waals surface area contributed by atoms with Gasteiger partial charge in [-0.05, 0) is 31.6 Å². The predicted octanol–water partition coefficient (Wildman–Crippen LogP) is 1.28. The summed E-state index contributed by atoms with van der Waals surface area (Å²) in [6.45, 7) is 2.61. The van der Waals surface area contributed by atoms with Gasteiger partial charge < -0.3 is 10.6 Å². The highest BCUT2D eigenvalue weighted by atomic mass is 127. The van der Waals surface area contributed by atoms with Crippen molar-refractivity contribution in [3.63, 3.8) is 0 Å². The molecule has 1 saturated carbocycles. The third-order valence-corrected chi connectivity index (χ3v) is 8.31. The molecule has 2 rings (SSSR count). The van der Waals surface area contributed by atoms with Crippen molar-refractivity contribution < 1.29 is 12.6 Å². The van der Waals surface area contributed by atoms with E-state index in [1.165, 1.54) is 0 Å². The Labute approximate surface area is 165 Å². The number of halogens is 1. The van der Waals surface area contributed by atoms with Gasteiger partial charge >= 0.3 is 0 Å². The minimum absolute atomic E-state index is 0. The van der Waals surface area contributed by atoms with Gasteiger partial charge in [0, 0.05) is 41.4 Å². The number of sulfone groups is 1. The van der Waals surface area contributed by atoms with Crippen LogP contribution in [0.15, 0.2) is 4.99 Å². The Balaban J connectivity index is 0.00000288. The SMILES string of the molecule is CCS(=O)C1CCCC(NC(=NC)NCC2CCS(=O)(=O)C2)C1.I. The maximum Gasteiger partial charge on any atom is 0.191 e. The fourth-order valence-corrected chi connectivity index (χ4v) is 6.62. The van der Waals surface area contributed by atoms with Crippen LogP contribution in [0.25, 0.3) is 0 Å². The van der Waals surface area contributed by atoms with Crippen LogP contribution in [0.5, 0.6) is 0 Å². The summed E-state index contributed by atoms with van der Waals surface area (Å²) in [5.74, 6) is 2.20. The maximum absolute atomic E-state index is 12.0. The van der Waals surface area contributed by atoms with Crippen molar-refractivity contribution >= 4 is 50.6 Å². The minimum Gasteiger partial charge on any atom is -0.356 e. The molecule has 142 valence electrons. The van der Waals surface area contributed by atoms with Crippen molar-refractivity contribution in [1.29, 1.82) is 0 Å². The number of rotatable bonds is 5. The molecule has 1 aliphatic heterocycles. The first kappa shape index (κ1) is 22.1. The Morgan fingerprint density at radius 1 is 1.29 bits per heavy atom. The molecule has 4 unspecified atom stereocenters. The Morgan fingerprint density at radius 3 is 2.62 bits per heavy atom. The van der Waals surface area contributed by atoms with E-state index in [9.17, 15) is 12.6 Å². The van der Waals surface area contributed by atoms with E-state index in [2.05, 4.69) is 15.6 Å². The van der Waals surface area contributed by atoms with Gasteiger partial charge in [0.2, 0.25) is 0 Å². The van der Waals surface area contributed by atoms with E-state index in [1.54, 1.807) is 7.05 Å². The van der Waals surface area contributed by atoms with Crippen molar-refractivity contribution in [3.05, 3.63) is 0 Å². The molecule has 0 aromatic carbocycles. The summed E-state index contributed by atoms with van der Waals surface area (Å²) >= 11 is 0. The number of guanidine groups is 1. The largest absolute Gasteiger partial charge is 0.356 e. The van der Waals surface area contributed by atoms with Crippen LogP contribution in [0.3, 0.4) is 0 Å². The molecule has 4 atom stereocenters. The first-order valence-corrected chi connectivity index (χ1v) is 11.7. The summed E-state index contributed by atoms with van der Waals surface area (Å²) in [6.07, 6.45) is 4.85. The van der Waals surface area contributed by atoms with Gasteiger partial charge in [0.1, 0.15) is 0 Å². The lowest BCUT2D eigenvalue weighted by Crippen LogP contribution is -2.47. The molecule has 0 amide bonds. The van der Waals surface area contributed by atoms with E-state index in [-0.39, 0.29) is 40.9 Å². The van der Waals surface area contributed by atoms with Crippen LogP contribution in [-0.4, -0.2) is 60.7 Å². The topological polar surface area (TPSA) is 87.6 Å². The van der Waals surface area contributed by atoms with E-state index in [4.69, 9.17) is 0 Å². The zero-order chi connectivity index (χ0) is 16.9. The van der Waals surface area contributed by atoms with Gasteiger partial charge in [-0.25, -0.2) is 8.42 Å². The summed E-state index contributed by atoms with van der Waals surface area (Å²) in [5, 5.41) is 6.95. The third-order valence-electron chi connectivity index (χ3n) is 4.73. The number of hydrogen-bond donors (Lipinski definition) is 2. The molecule has 2 aliphatic rings. The average molecular weight is 491 g/mol. The van der Waals surface area contributed by atoms with Crippen LogP contribution in [0.2, 0.25) is 0 Å². The zero-order valence-electron chi connectivity index (χ0n) is 14.5. The summed E-state index contributed by atoms with van der Waals surface area (Å²) in [5.41, 5.74) is 0. The quantitative estimate of drug-likeness (QED) is 0.344. The maximum atomic E-state index is 12.0. The van der Waals surface area contributed by atoms with Gasteiger partial charge in [0.05, 0.1) is 11.5 Å². The molecule has 0 bridgehead atoms. The molecule has 0 aromatic heterocycles. The number of hydrogen-bond acceptors (Lipinski definition) is 4. The molecule has 6 nitrogen and oxygen atoms in total. The van der Waals surface area contributed by atoms with Crippen molar-refractivity contribution in [3.8, 4) is 0 Å². The van der Waals surface area contributed by atoms with Gasteiger partial charge in [0.25, 0.3) is 0 Å². The number of nitrogens with zero attached hydrogens (tertiary/aromatic N) is 1. The van der Waals surface area contributed by atoms with Gasteiger partial charge in [-0.15, -0.1) is 24.0 Å². The zero-order valence-corrected chi connectivity index (χ0v) is 18.5. The van der Waals surface area contributed by atoms with Crippen LogP contribution in [0, 0.1) is 5.92 Å². The second-order valence-corrected chi connectivity index (χ2v) is 10.8. The summed E-state index contributed by atoms with van der Waals surface area (Å²) < 4.78 is 35.0. The van der Waals surface area contributed by atoms with Gasteiger partial charge in [0.15, 0.2) is 15.8 Å². The summed E-state index contributed by atoms with van der Waals surface area (Å²) in [4.78, 5) is 4.24. The van der Waals surface area contributed by atoms with Crippen LogP contribution in [0.1, 0.15) is 39.0 Å². The van der Waals surface area contributed by atoms with Crippen molar-refractivity contribution in [1.82, 2.24) is 10.6 Å². The van der Waals surface area contributed by atoms with Crippen LogP contribution >= 0.6 is 24.0 Å². The van der Waals surface area contributed by atoms with Crippen LogP contribution in [0.4, 0.5) is 0 Å². The molecule has 9 heteroatoms. The molecule has 0 spiro atoms. The second kappa shape index (κ2) is 10.3. The molecule has 1 heterocycles. The van der Waals surface area contributed by atoms with E-state index in [0.29, 0.717) is 18.3 Å². The minimum atomic E-state index is -2.83. The summed E-state index contributed by atoms with van der Waals surface area (Å²) in [6, 6.07) is 0.294. The fraction of sp³-hybridized carbons (Fsp3) is 0.933. The van der Waals surface area contributed by atoms with E-state index in [0.717, 1.165) is 43.8 Å². The molecule has 2 fully saturated rings. The molecular formula is C15H30IN3O3S2. The fourth-order valence-electron chi connectivity index (χ4n) is 3.41. The van der Waals surface area contributed by atoms with E-state index >= 15 is 0 Å². The molecule has 1 aliphatic carbocycles. The van der Waals surface area contributed by atoms with Crippen molar-refractivity contribution in [2.24, 2.45) is 10.9 Å². The Hall–Kier alpha value is 0.1000. The van der Waals surface area contributed by atoms with E-state index in [1.807, 2.05) is 6.92 Å². The molecule has 1 saturated heterocycles. The smallest absolute Gasteiger partial charge is 0.191 e. The van der Waals surface area contributed by atoms with Gasteiger partial charge in [-0.1, -0.05) is 13.3 Å². The van der Waals surface area contributed by atoms with Crippen molar-refractivity contribution in [2.75, 3.05) is 30.9 Å². The Morgan fingerprint density at radius 2 is 2.04 bits per heavy atom. The highest BCUT2D eigenvalue weighted by Gasteiger charge is 2.29. The third kappa shape index (κ3) is 6.78. The highest BCUT2D eigenvalue weighted by molar-refractivity contribution is 14.0. The molecular weight excluding hydrogens is 461 g/mol. The standard InChI is InChI=1S/C15H29N3O3S2.HI/c1-3-22(19)14-6-4-5-13(9-14)18-15(16-2)17-10-12-7-8-23(20,21)11-12;/h12-14H,3-11H2,1-2H3,(H2,16,17,18);1H. The van der Waals surface area contributed by atoms with Crippen molar-refractivity contribution in [2.45, 2.75) is 50.3 Å². The highest BCUT2D eigenvalue weighted by Crippen LogP contribution is 2.23. The van der Waals surface area contributed by atoms with E-state index < -0.39 is 20.6 Å². The van der Waals surface area contributed by atoms with Crippen LogP contribution < -0.4 is 10.6 Å². The lowest BCUT2D eigenvalue weighted by molar-refractivity contribution is 0.412. The average Bonchev–Trinajstić information content (AvgIpc) is 2.90. The Kier molecular flexibility index (Phi) is 9.50. The second-order valence-electron chi connectivity index (χ2n) is 6.52. The van der Waals surface area contributed by atoms with Gasteiger partial charge in [-0.2, -0.15) is 0 Å². The molecule has 0 aromatic rings. The lowest BCUT2D eigenvalue weighted by Gasteiger charge is -2.30. The predicted molar refractivity (Wildman–Crippen MR) is 111 cm³/mol. The normalized spacial score (nSPS) is 31.1. The van der Waals surface area contributed by atoms with Crippen LogP contribution in [-0.2, 0) is 20.6 Å². The Bertz CT molecular complexity index is 554. The number of aliphatic imine (C=N–C) groups is 1. The molecule has 24 heavy (non-hydrogen) atoms. The lowest BCUT2D eigenvalue weighted by atomic mass is 9.95. The number of nitrogens with one attached hydrogen (secondary N) is 2. The van der Waals surface area contributed by atoms with Gasteiger partial charge in [-0.3, -0.25) is 9.20 Å². The summed E-state index contributed by atoms with van der Waals surface area (Å²) in [7, 11) is -1.84. The monoisotopic (exact) mass is 491 g/mol. The molecule has 0 radical (unpaired) electrons. The molecule has 2 N–H and O–H groups in total. The first-order chi connectivity index (χ1) is 10.9.